The fourth-order valence-electron chi connectivity index (χ4n) is 4.71. The molecule has 0 aliphatic heterocycles. The number of sulfonamides is 1. The number of rotatable bonds is 12. The number of carbonyl (C=O) groups excluding carboxylic acids is 2. The molecule has 0 heterocycles. The molecular weight excluding hydrogens is 526 g/mol. The van der Waals surface area contributed by atoms with Gasteiger partial charge in [-0.15, -0.1) is 0 Å². The maximum Gasteiger partial charge on any atom is 0.242 e. The Hall–Kier alpha value is -2.78. The first kappa shape index (κ1) is 29.8. The van der Waals surface area contributed by atoms with Crippen LogP contribution in [-0.4, -0.2) is 57.1 Å². The summed E-state index contributed by atoms with van der Waals surface area (Å²) in [6.07, 6.45) is 6.79. The van der Waals surface area contributed by atoms with Crippen molar-refractivity contribution in [1.82, 2.24) is 10.2 Å². The smallest absolute Gasteiger partial charge is 0.242 e. The average molecular weight is 564 g/mol. The van der Waals surface area contributed by atoms with Gasteiger partial charge in [-0.2, -0.15) is 0 Å². The minimum Gasteiger partial charge on any atom is -0.497 e. The lowest BCUT2D eigenvalue weighted by molar-refractivity contribution is -0.141. The van der Waals surface area contributed by atoms with Gasteiger partial charge in [0.1, 0.15) is 11.8 Å². The van der Waals surface area contributed by atoms with E-state index in [1.165, 1.54) is 17.8 Å². The number of amides is 2. The van der Waals surface area contributed by atoms with Crippen LogP contribution in [0.1, 0.15) is 57.4 Å². The summed E-state index contributed by atoms with van der Waals surface area (Å²) in [6.45, 7) is 2.11. The van der Waals surface area contributed by atoms with Crippen LogP contribution in [-0.2, 0) is 26.2 Å². The molecule has 38 heavy (non-hydrogen) atoms. The summed E-state index contributed by atoms with van der Waals surface area (Å²) in [6, 6.07) is 13.4. The molecule has 1 aliphatic rings. The number of halogens is 1. The molecule has 3 rings (SSSR count). The van der Waals surface area contributed by atoms with Crippen molar-refractivity contribution < 1.29 is 22.7 Å². The van der Waals surface area contributed by atoms with Gasteiger partial charge in [-0.1, -0.05) is 49.1 Å². The number of hydrogen-bond acceptors (Lipinski definition) is 5. The van der Waals surface area contributed by atoms with Gasteiger partial charge in [0.05, 0.1) is 19.1 Å². The molecule has 0 radical (unpaired) electrons. The lowest BCUT2D eigenvalue weighted by atomic mass is 9.95. The van der Waals surface area contributed by atoms with E-state index in [1.807, 2.05) is 12.1 Å². The van der Waals surface area contributed by atoms with Gasteiger partial charge in [0.25, 0.3) is 0 Å². The average Bonchev–Trinajstić information content (AvgIpc) is 2.90. The van der Waals surface area contributed by atoms with E-state index in [2.05, 4.69) is 5.32 Å². The van der Waals surface area contributed by atoms with Crippen LogP contribution in [0.4, 0.5) is 5.69 Å². The predicted molar refractivity (Wildman–Crippen MR) is 151 cm³/mol. The largest absolute Gasteiger partial charge is 0.497 e. The molecule has 208 valence electrons. The Morgan fingerprint density at radius 3 is 2.42 bits per heavy atom. The minimum absolute atomic E-state index is 0.0879. The quantitative estimate of drug-likeness (QED) is 0.401. The number of carbonyl (C=O) groups is 2. The summed E-state index contributed by atoms with van der Waals surface area (Å²) < 4.78 is 31.5. The molecule has 1 saturated carbocycles. The van der Waals surface area contributed by atoms with E-state index < -0.39 is 16.1 Å². The van der Waals surface area contributed by atoms with Gasteiger partial charge >= 0.3 is 0 Å². The zero-order valence-corrected chi connectivity index (χ0v) is 23.9. The topological polar surface area (TPSA) is 96.0 Å². The Labute approximate surface area is 231 Å². The van der Waals surface area contributed by atoms with Gasteiger partial charge in [0.15, 0.2) is 0 Å². The third-order valence-electron chi connectivity index (χ3n) is 6.88. The normalized spacial score (nSPS) is 14.9. The number of hydrogen-bond donors (Lipinski definition) is 1. The van der Waals surface area contributed by atoms with Crippen molar-refractivity contribution >= 4 is 39.1 Å². The van der Waals surface area contributed by atoms with Gasteiger partial charge in [-0.3, -0.25) is 13.9 Å². The Morgan fingerprint density at radius 1 is 1.11 bits per heavy atom. The van der Waals surface area contributed by atoms with Crippen molar-refractivity contribution in [3.8, 4) is 5.75 Å². The highest BCUT2D eigenvalue weighted by molar-refractivity contribution is 7.92. The molecule has 1 unspecified atom stereocenters. The lowest BCUT2D eigenvalue weighted by Crippen LogP contribution is -2.50. The summed E-state index contributed by atoms with van der Waals surface area (Å²) in [5.41, 5.74) is 1.33. The summed E-state index contributed by atoms with van der Waals surface area (Å²) in [5, 5.41) is 3.71. The van der Waals surface area contributed by atoms with E-state index in [4.69, 9.17) is 16.3 Å². The first-order valence-corrected chi connectivity index (χ1v) is 15.3. The van der Waals surface area contributed by atoms with Crippen LogP contribution in [0.3, 0.4) is 0 Å². The van der Waals surface area contributed by atoms with E-state index in [0.29, 0.717) is 16.5 Å². The zero-order chi connectivity index (χ0) is 27.7. The monoisotopic (exact) mass is 563 g/mol. The van der Waals surface area contributed by atoms with Crippen molar-refractivity contribution in [3.05, 3.63) is 59.1 Å². The molecule has 2 amide bonds. The van der Waals surface area contributed by atoms with E-state index in [1.54, 1.807) is 48.2 Å². The molecular formula is C28H38ClN3O5S. The highest BCUT2D eigenvalue weighted by Gasteiger charge is 2.28. The summed E-state index contributed by atoms with van der Waals surface area (Å²) in [4.78, 5) is 28.2. The lowest BCUT2D eigenvalue weighted by Gasteiger charge is -2.31. The van der Waals surface area contributed by atoms with Crippen LogP contribution in [0.5, 0.6) is 5.75 Å². The van der Waals surface area contributed by atoms with Crippen molar-refractivity contribution in [3.63, 3.8) is 0 Å². The fraction of sp³-hybridized carbons (Fsp3) is 0.500. The maximum absolute atomic E-state index is 13.5. The molecule has 2 aromatic carbocycles. The zero-order valence-electron chi connectivity index (χ0n) is 22.4. The highest BCUT2D eigenvalue weighted by atomic mass is 35.5. The van der Waals surface area contributed by atoms with Gasteiger partial charge < -0.3 is 15.0 Å². The Balaban J connectivity index is 1.71. The molecule has 0 aromatic heterocycles. The maximum atomic E-state index is 13.5. The predicted octanol–water partition coefficient (Wildman–Crippen LogP) is 4.76. The number of nitrogens with one attached hydrogen (secondary N) is 1. The number of nitrogens with zero attached hydrogens (tertiary/aromatic N) is 2. The van der Waals surface area contributed by atoms with Crippen LogP contribution in [0, 0.1) is 0 Å². The third kappa shape index (κ3) is 8.63. The van der Waals surface area contributed by atoms with Crippen molar-refractivity contribution in [2.24, 2.45) is 0 Å². The van der Waals surface area contributed by atoms with Gasteiger partial charge in [-0.25, -0.2) is 8.42 Å². The number of methoxy groups -OCH3 is 1. The van der Waals surface area contributed by atoms with Crippen LogP contribution in [0.2, 0.25) is 5.02 Å². The van der Waals surface area contributed by atoms with Crippen molar-refractivity contribution in [2.45, 2.75) is 70.5 Å². The second-order valence-electron chi connectivity index (χ2n) is 9.81. The summed E-state index contributed by atoms with van der Waals surface area (Å²) in [7, 11) is -2.07. The summed E-state index contributed by atoms with van der Waals surface area (Å²) in [5.74, 6) is 0.151. The SMILES string of the molecule is COc1cccc(N(CCCC(=O)N(Cc2ccc(Cl)cc2)C(C)C(=O)NC2CCCCC2)S(C)(=O)=O)c1. The van der Waals surface area contributed by atoms with Gasteiger partial charge in [0, 0.05) is 36.6 Å². The minimum atomic E-state index is -3.58. The Morgan fingerprint density at radius 2 is 1.79 bits per heavy atom. The van der Waals surface area contributed by atoms with Gasteiger partial charge in [0.2, 0.25) is 21.8 Å². The molecule has 0 saturated heterocycles. The van der Waals surface area contributed by atoms with E-state index in [9.17, 15) is 18.0 Å². The second kappa shape index (κ2) is 13.8. The molecule has 8 nitrogen and oxygen atoms in total. The molecule has 1 aliphatic carbocycles. The first-order valence-electron chi connectivity index (χ1n) is 13.0. The number of anilines is 1. The summed E-state index contributed by atoms with van der Waals surface area (Å²) >= 11 is 6.03. The van der Waals surface area contributed by atoms with Crippen molar-refractivity contribution in [1.29, 1.82) is 0 Å². The van der Waals surface area contributed by atoms with E-state index in [-0.39, 0.29) is 43.8 Å². The van der Waals surface area contributed by atoms with E-state index >= 15 is 0 Å². The molecule has 1 atom stereocenters. The standard InChI is InChI=1S/C28H38ClN3O5S/c1-21(28(34)30-24-9-5-4-6-10-24)31(20-22-14-16-23(29)17-15-22)27(33)13-8-18-32(38(3,35)36)25-11-7-12-26(19-25)37-2/h7,11-12,14-17,19,21,24H,4-6,8-10,13,18,20H2,1-3H3,(H,30,34). The molecule has 0 bridgehead atoms. The fourth-order valence-corrected chi connectivity index (χ4v) is 5.79. The Bertz CT molecular complexity index is 1180. The highest BCUT2D eigenvalue weighted by Crippen LogP contribution is 2.24. The molecule has 1 N–H and O–H groups in total. The first-order chi connectivity index (χ1) is 18.1. The van der Waals surface area contributed by atoms with Gasteiger partial charge in [-0.05, 0) is 56.0 Å². The van der Waals surface area contributed by atoms with Crippen LogP contribution < -0.4 is 14.4 Å². The number of benzene rings is 2. The third-order valence-corrected chi connectivity index (χ3v) is 8.32. The van der Waals surface area contributed by atoms with Crippen molar-refractivity contribution in [2.75, 3.05) is 24.2 Å². The van der Waals surface area contributed by atoms with Crippen LogP contribution >= 0.6 is 11.6 Å². The van der Waals surface area contributed by atoms with Crippen LogP contribution in [0.25, 0.3) is 0 Å². The molecule has 0 spiro atoms. The molecule has 10 heteroatoms. The molecule has 1 fully saturated rings. The second-order valence-corrected chi connectivity index (χ2v) is 12.2. The van der Waals surface area contributed by atoms with Crippen LogP contribution in [0.15, 0.2) is 48.5 Å². The Kier molecular flexibility index (Phi) is 10.8. The van der Waals surface area contributed by atoms with E-state index in [0.717, 1.165) is 37.5 Å². The number of ether oxygens (including phenoxy) is 1. The molecule has 2 aromatic rings.